The molecular formula is C25H25N7O2. The summed E-state index contributed by atoms with van der Waals surface area (Å²) in [5.41, 5.74) is 9.47. The van der Waals surface area contributed by atoms with Gasteiger partial charge in [0.15, 0.2) is 11.5 Å². The van der Waals surface area contributed by atoms with Crippen LogP contribution in [-0.2, 0) is 7.05 Å². The minimum absolute atomic E-state index is 0.0130. The second-order valence-corrected chi connectivity index (χ2v) is 8.76. The Morgan fingerprint density at radius 2 is 1.91 bits per heavy atom. The van der Waals surface area contributed by atoms with Gasteiger partial charge in [-0.2, -0.15) is 4.52 Å². The van der Waals surface area contributed by atoms with E-state index in [9.17, 15) is 4.79 Å². The van der Waals surface area contributed by atoms with E-state index >= 15 is 0 Å². The van der Waals surface area contributed by atoms with Crippen LogP contribution in [0.1, 0.15) is 24.6 Å². The van der Waals surface area contributed by atoms with E-state index in [1.807, 2.05) is 43.4 Å². The average Bonchev–Trinajstić information content (AvgIpc) is 3.33. The number of piperidine rings is 1. The number of ether oxygens (including phenoxy) is 1. The van der Waals surface area contributed by atoms with Gasteiger partial charge in [-0.05, 0) is 31.0 Å². The molecular weight excluding hydrogens is 430 g/mol. The number of nitrogen functional groups attached to an aromatic ring is 1. The highest BCUT2D eigenvalue weighted by Crippen LogP contribution is 2.33. The van der Waals surface area contributed by atoms with Crippen LogP contribution in [0, 0.1) is 0 Å². The number of benzene rings is 2. The molecule has 4 heterocycles. The second-order valence-electron chi connectivity index (χ2n) is 8.76. The molecule has 5 aromatic rings. The van der Waals surface area contributed by atoms with Crippen molar-refractivity contribution in [2.24, 2.45) is 7.05 Å². The molecule has 1 aliphatic heterocycles. The third-order valence-corrected chi connectivity index (χ3v) is 6.79. The minimum atomic E-state index is -0.0130. The normalized spacial score (nSPS) is 16.5. The Morgan fingerprint density at radius 3 is 2.76 bits per heavy atom. The van der Waals surface area contributed by atoms with E-state index in [1.54, 1.807) is 22.3 Å². The van der Waals surface area contributed by atoms with Gasteiger partial charge in [-0.15, -0.1) is 5.10 Å². The molecule has 0 saturated carbocycles. The summed E-state index contributed by atoms with van der Waals surface area (Å²) in [6, 6.07) is 15.5. The zero-order valence-electron chi connectivity index (χ0n) is 19.1. The summed E-state index contributed by atoms with van der Waals surface area (Å²) in [6.07, 6.45) is 1.94. The predicted molar refractivity (Wildman–Crippen MR) is 133 cm³/mol. The molecule has 172 valence electrons. The molecule has 6 rings (SSSR count). The van der Waals surface area contributed by atoms with Crippen molar-refractivity contribution in [2.75, 3.05) is 30.8 Å². The van der Waals surface area contributed by atoms with Gasteiger partial charge in [0.1, 0.15) is 11.3 Å². The fraction of sp³-hybridized carbons (Fsp3) is 0.280. The SMILES string of the molecule is COc1cccc2c1nc(N)n1nc([C@@H]3CCCN(c4cc(=O)n(C)c5ccccc45)C3)nc21. The van der Waals surface area contributed by atoms with Crippen molar-refractivity contribution in [3.63, 3.8) is 0 Å². The summed E-state index contributed by atoms with van der Waals surface area (Å²) in [5.74, 6) is 1.77. The minimum Gasteiger partial charge on any atom is -0.494 e. The maximum absolute atomic E-state index is 12.7. The molecule has 2 N–H and O–H groups in total. The largest absolute Gasteiger partial charge is 0.494 e. The van der Waals surface area contributed by atoms with E-state index in [0.717, 1.165) is 53.7 Å². The van der Waals surface area contributed by atoms with E-state index in [0.29, 0.717) is 16.9 Å². The number of rotatable bonds is 3. The number of fused-ring (bicyclic) bond motifs is 4. The van der Waals surface area contributed by atoms with E-state index < -0.39 is 0 Å². The van der Waals surface area contributed by atoms with E-state index in [4.69, 9.17) is 20.6 Å². The summed E-state index contributed by atoms with van der Waals surface area (Å²) >= 11 is 0. The number of para-hydroxylation sites is 2. The zero-order valence-corrected chi connectivity index (χ0v) is 19.1. The number of nitrogens with zero attached hydrogens (tertiary/aromatic N) is 6. The number of nitrogens with two attached hydrogens (primary N) is 1. The van der Waals surface area contributed by atoms with Gasteiger partial charge in [0.2, 0.25) is 5.95 Å². The number of pyridine rings is 1. The summed E-state index contributed by atoms with van der Waals surface area (Å²) in [7, 11) is 3.43. The van der Waals surface area contributed by atoms with Crippen LogP contribution < -0.4 is 20.9 Å². The highest BCUT2D eigenvalue weighted by atomic mass is 16.5. The number of hydrogen-bond acceptors (Lipinski definition) is 7. The third-order valence-electron chi connectivity index (χ3n) is 6.79. The lowest BCUT2D eigenvalue weighted by Crippen LogP contribution is -2.36. The Labute approximate surface area is 195 Å². The molecule has 1 saturated heterocycles. The molecule has 34 heavy (non-hydrogen) atoms. The van der Waals surface area contributed by atoms with Crippen LogP contribution in [0.25, 0.3) is 27.5 Å². The second kappa shape index (κ2) is 7.72. The Hall–Kier alpha value is -4.14. The quantitative estimate of drug-likeness (QED) is 0.446. The summed E-state index contributed by atoms with van der Waals surface area (Å²) in [5, 5.41) is 6.66. The molecule has 0 spiro atoms. The predicted octanol–water partition coefficient (Wildman–Crippen LogP) is 3.10. The summed E-state index contributed by atoms with van der Waals surface area (Å²) in [6.45, 7) is 1.60. The molecule has 1 atom stereocenters. The Balaban J connectivity index is 1.42. The van der Waals surface area contributed by atoms with Crippen LogP contribution in [0.3, 0.4) is 0 Å². The van der Waals surface area contributed by atoms with Gasteiger partial charge in [-0.25, -0.2) is 9.97 Å². The van der Waals surface area contributed by atoms with E-state index in [2.05, 4.69) is 16.0 Å². The molecule has 0 unspecified atom stereocenters. The van der Waals surface area contributed by atoms with Gasteiger partial charge >= 0.3 is 0 Å². The number of hydrogen-bond donors (Lipinski definition) is 1. The molecule has 0 radical (unpaired) electrons. The third kappa shape index (κ3) is 3.07. The Morgan fingerprint density at radius 1 is 1.09 bits per heavy atom. The van der Waals surface area contributed by atoms with Gasteiger partial charge < -0.3 is 19.9 Å². The molecule has 0 aliphatic carbocycles. The van der Waals surface area contributed by atoms with Crippen LogP contribution in [-0.4, -0.2) is 44.3 Å². The fourth-order valence-corrected chi connectivity index (χ4v) is 5.04. The standard InChI is InChI=1S/C25H25N7O2/c1-30-18-10-4-3-8-16(18)19(13-21(30)33)31-12-6-7-15(14-31)23-28-24-17-9-5-11-20(34-2)22(17)27-25(26)32(24)29-23/h3-5,8-11,13,15H,6-7,12,14H2,1-2H3,(H2,26,27)/t15-/m1/s1. The molecule has 1 aliphatic rings. The number of anilines is 2. The monoisotopic (exact) mass is 455 g/mol. The van der Waals surface area contributed by atoms with Crippen molar-refractivity contribution >= 4 is 39.1 Å². The van der Waals surface area contributed by atoms with Crippen LogP contribution >= 0.6 is 0 Å². The molecule has 0 bridgehead atoms. The fourth-order valence-electron chi connectivity index (χ4n) is 5.04. The number of aromatic nitrogens is 5. The van der Waals surface area contributed by atoms with Gasteiger partial charge in [0, 0.05) is 42.9 Å². The average molecular weight is 456 g/mol. The van der Waals surface area contributed by atoms with Crippen LogP contribution in [0.2, 0.25) is 0 Å². The molecule has 9 nitrogen and oxygen atoms in total. The van der Waals surface area contributed by atoms with Crippen molar-refractivity contribution in [1.29, 1.82) is 0 Å². The van der Waals surface area contributed by atoms with Crippen molar-refractivity contribution in [3.05, 3.63) is 64.7 Å². The van der Waals surface area contributed by atoms with Crippen LogP contribution in [0.4, 0.5) is 11.6 Å². The highest BCUT2D eigenvalue weighted by molar-refractivity contribution is 5.96. The summed E-state index contributed by atoms with van der Waals surface area (Å²) in [4.78, 5) is 24.4. The van der Waals surface area contributed by atoms with Crippen LogP contribution in [0.15, 0.2) is 53.3 Å². The first-order valence-corrected chi connectivity index (χ1v) is 11.4. The smallest absolute Gasteiger partial charge is 0.252 e. The lowest BCUT2D eigenvalue weighted by atomic mass is 9.96. The number of methoxy groups -OCH3 is 1. The van der Waals surface area contributed by atoms with E-state index in [1.165, 1.54) is 0 Å². The Bertz CT molecular complexity index is 1620. The maximum atomic E-state index is 12.7. The van der Waals surface area contributed by atoms with Crippen molar-refractivity contribution in [3.8, 4) is 5.75 Å². The number of aryl methyl sites for hydroxylation is 1. The lowest BCUT2D eigenvalue weighted by molar-refractivity contribution is 0.419. The Kier molecular flexibility index (Phi) is 4.65. The topological polar surface area (TPSA) is 104 Å². The zero-order chi connectivity index (χ0) is 23.4. The lowest BCUT2D eigenvalue weighted by Gasteiger charge is -2.34. The van der Waals surface area contributed by atoms with Gasteiger partial charge in [0.05, 0.1) is 18.3 Å². The molecule has 3 aromatic heterocycles. The van der Waals surface area contributed by atoms with Gasteiger partial charge in [-0.3, -0.25) is 4.79 Å². The van der Waals surface area contributed by atoms with Gasteiger partial charge in [0.25, 0.3) is 5.56 Å². The molecule has 0 amide bonds. The summed E-state index contributed by atoms with van der Waals surface area (Å²) < 4.78 is 8.77. The van der Waals surface area contributed by atoms with Crippen molar-refractivity contribution < 1.29 is 4.74 Å². The maximum Gasteiger partial charge on any atom is 0.252 e. The first kappa shape index (κ1) is 20.5. The first-order chi connectivity index (χ1) is 16.5. The van der Waals surface area contributed by atoms with E-state index in [-0.39, 0.29) is 17.4 Å². The molecule has 9 heteroatoms. The highest BCUT2D eigenvalue weighted by Gasteiger charge is 2.27. The van der Waals surface area contributed by atoms with Crippen molar-refractivity contribution in [2.45, 2.75) is 18.8 Å². The molecule has 2 aromatic carbocycles. The first-order valence-electron chi connectivity index (χ1n) is 11.4. The van der Waals surface area contributed by atoms with Crippen molar-refractivity contribution in [1.82, 2.24) is 24.1 Å². The molecule has 1 fully saturated rings. The van der Waals surface area contributed by atoms with Crippen LogP contribution in [0.5, 0.6) is 5.75 Å². The van der Waals surface area contributed by atoms with Gasteiger partial charge in [-0.1, -0.05) is 24.3 Å².